The Balaban J connectivity index is 1.79. The van der Waals surface area contributed by atoms with E-state index in [1.54, 1.807) is 18.2 Å². The van der Waals surface area contributed by atoms with Gasteiger partial charge in [-0.25, -0.2) is 4.39 Å². The van der Waals surface area contributed by atoms with E-state index in [0.29, 0.717) is 34.9 Å². The second-order valence-electron chi connectivity index (χ2n) is 4.55. The van der Waals surface area contributed by atoms with Gasteiger partial charge in [-0.05, 0) is 39.7 Å². The van der Waals surface area contributed by atoms with Crippen LogP contribution in [0.1, 0.15) is 11.1 Å². The number of hydrogen-bond acceptors (Lipinski definition) is 4. The molecule has 0 saturated heterocycles. The molecule has 0 aromatic heterocycles. The third-order valence-corrected chi connectivity index (χ3v) is 3.76. The van der Waals surface area contributed by atoms with E-state index in [-0.39, 0.29) is 12.6 Å². The van der Waals surface area contributed by atoms with Crippen molar-refractivity contribution < 1.29 is 18.6 Å². The van der Waals surface area contributed by atoms with Gasteiger partial charge in [0.1, 0.15) is 18.2 Å². The Morgan fingerprint density at radius 3 is 2.67 bits per heavy atom. The van der Waals surface area contributed by atoms with Gasteiger partial charge in [0.15, 0.2) is 11.5 Å². The van der Waals surface area contributed by atoms with Gasteiger partial charge in [-0.15, -0.1) is 0 Å². The summed E-state index contributed by atoms with van der Waals surface area (Å²) >= 11 is 3.15. The van der Waals surface area contributed by atoms with Gasteiger partial charge in [0.2, 0.25) is 6.79 Å². The SMILES string of the molecule is NCc1cc2c(cc1OCc1ccc(F)c(Br)c1)OCO2. The summed E-state index contributed by atoms with van der Waals surface area (Å²) in [6.07, 6.45) is 0. The fraction of sp³-hybridized carbons (Fsp3) is 0.200. The second kappa shape index (κ2) is 5.91. The molecule has 0 bridgehead atoms. The Kier molecular flexibility index (Phi) is 3.98. The molecule has 2 aromatic carbocycles. The highest BCUT2D eigenvalue weighted by atomic mass is 79.9. The summed E-state index contributed by atoms with van der Waals surface area (Å²) in [6, 6.07) is 8.34. The molecule has 2 aromatic rings. The summed E-state index contributed by atoms with van der Waals surface area (Å²) in [4.78, 5) is 0. The maximum atomic E-state index is 13.2. The Labute approximate surface area is 129 Å². The van der Waals surface area contributed by atoms with E-state index in [9.17, 15) is 4.39 Å². The minimum atomic E-state index is -0.301. The lowest BCUT2D eigenvalue weighted by Crippen LogP contribution is -2.03. The van der Waals surface area contributed by atoms with Gasteiger partial charge in [-0.3, -0.25) is 0 Å². The van der Waals surface area contributed by atoms with Crippen molar-refractivity contribution in [3.63, 3.8) is 0 Å². The molecule has 3 rings (SSSR count). The smallest absolute Gasteiger partial charge is 0.231 e. The van der Waals surface area contributed by atoms with E-state index in [1.807, 2.05) is 6.07 Å². The van der Waals surface area contributed by atoms with Crippen molar-refractivity contribution in [2.75, 3.05) is 6.79 Å². The minimum Gasteiger partial charge on any atom is -0.488 e. The van der Waals surface area contributed by atoms with Crippen LogP contribution in [0, 0.1) is 5.82 Å². The molecule has 0 saturated carbocycles. The van der Waals surface area contributed by atoms with Crippen LogP contribution in [0.25, 0.3) is 0 Å². The molecule has 0 spiro atoms. The third-order valence-electron chi connectivity index (χ3n) is 3.15. The normalized spacial score (nSPS) is 12.5. The molecule has 0 unspecified atom stereocenters. The molecule has 21 heavy (non-hydrogen) atoms. The molecule has 1 aliphatic rings. The maximum absolute atomic E-state index is 13.2. The van der Waals surface area contributed by atoms with Gasteiger partial charge < -0.3 is 19.9 Å². The Morgan fingerprint density at radius 1 is 1.19 bits per heavy atom. The molecule has 0 radical (unpaired) electrons. The lowest BCUT2D eigenvalue weighted by molar-refractivity contribution is 0.173. The van der Waals surface area contributed by atoms with Crippen molar-refractivity contribution >= 4 is 15.9 Å². The fourth-order valence-electron chi connectivity index (χ4n) is 2.05. The summed E-state index contributed by atoms with van der Waals surface area (Å²) in [5.41, 5.74) is 7.41. The largest absolute Gasteiger partial charge is 0.488 e. The first-order chi connectivity index (χ1) is 10.2. The summed E-state index contributed by atoms with van der Waals surface area (Å²) < 4.78 is 30.0. The third kappa shape index (κ3) is 2.96. The first kappa shape index (κ1) is 14.2. The molecule has 6 heteroatoms. The van der Waals surface area contributed by atoms with Crippen molar-refractivity contribution in [1.82, 2.24) is 0 Å². The number of fused-ring (bicyclic) bond motifs is 1. The number of nitrogens with two attached hydrogens (primary N) is 1. The number of halogens is 2. The highest BCUT2D eigenvalue weighted by molar-refractivity contribution is 9.10. The molecule has 0 amide bonds. The molecule has 2 N–H and O–H groups in total. The summed E-state index contributed by atoms with van der Waals surface area (Å²) in [7, 11) is 0. The van der Waals surface area contributed by atoms with Crippen molar-refractivity contribution in [1.29, 1.82) is 0 Å². The first-order valence-corrected chi connectivity index (χ1v) is 7.16. The zero-order valence-electron chi connectivity index (χ0n) is 11.1. The van der Waals surface area contributed by atoms with Crippen LogP contribution < -0.4 is 19.9 Å². The van der Waals surface area contributed by atoms with E-state index in [2.05, 4.69) is 15.9 Å². The van der Waals surface area contributed by atoms with Crippen LogP contribution in [0.2, 0.25) is 0 Å². The molecule has 0 atom stereocenters. The average Bonchev–Trinajstić information content (AvgIpc) is 2.94. The van der Waals surface area contributed by atoms with Crippen molar-refractivity contribution in [2.45, 2.75) is 13.2 Å². The van der Waals surface area contributed by atoms with Crippen molar-refractivity contribution in [2.24, 2.45) is 5.73 Å². The van der Waals surface area contributed by atoms with Crippen LogP contribution >= 0.6 is 15.9 Å². The van der Waals surface area contributed by atoms with Gasteiger partial charge >= 0.3 is 0 Å². The number of ether oxygens (including phenoxy) is 3. The molecule has 1 aliphatic heterocycles. The van der Waals surface area contributed by atoms with E-state index >= 15 is 0 Å². The molecule has 1 heterocycles. The lowest BCUT2D eigenvalue weighted by atomic mass is 10.1. The monoisotopic (exact) mass is 353 g/mol. The maximum Gasteiger partial charge on any atom is 0.231 e. The molecule has 4 nitrogen and oxygen atoms in total. The van der Waals surface area contributed by atoms with Crippen LogP contribution in [-0.4, -0.2) is 6.79 Å². The number of rotatable bonds is 4. The standard InChI is InChI=1S/C15H13BrFNO3/c16-11-3-9(1-2-12(11)17)7-19-13-5-15-14(20-8-21-15)4-10(13)6-18/h1-5H,6-8,18H2. The summed E-state index contributed by atoms with van der Waals surface area (Å²) in [5, 5.41) is 0. The topological polar surface area (TPSA) is 53.7 Å². The van der Waals surface area contributed by atoms with Crippen molar-refractivity contribution in [3.8, 4) is 17.2 Å². The molecule has 0 fully saturated rings. The van der Waals surface area contributed by atoms with Crippen LogP contribution in [0.3, 0.4) is 0 Å². The van der Waals surface area contributed by atoms with Gasteiger partial charge in [0.05, 0.1) is 4.47 Å². The van der Waals surface area contributed by atoms with E-state index < -0.39 is 0 Å². The van der Waals surface area contributed by atoms with Crippen LogP contribution in [0.4, 0.5) is 4.39 Å². The fourth-order valence-corrected chi connectivity index (χ4v) is 2.48. The molecule has 110 valence electrons. The van der Waals surface area contributed by atoms with Crippen LogP contribution in [0.15, 0.2) is 34.8 Å². The van der Waals surface area contributed by atoms with E-state index in [0.717, 1.165) is 11.1 Å². The number of hydrogen-bond donors (Lipinski definition) is 1. The minimum absolute atomic E-state index is 0.202. The van der Waals surface area contributed by atoms with Gasteiger partial charge in [-0.2, -0.15) is 0 Å². The Hall–Kier alpha value is -1.79. The molecule has 0 aliphatic carbocycles. The highest BCUT2D eigenvalue weighted by Gasteiger charge is 2.17. The van der Waals surface area contributed by atoms with Crippen LogP contribution in [0.5, 0.6) is 17.2 Å². The van der Waals surface area contributed by atoms with Crippen molar-refractivity contribution in [3.05, 3.63) is 51.7 Å². The predicted molar refractivity (Wildman–Crippen MR) is 78.9 cm³/mol. The summed E-state index contributed by atoms with van der Waals surface area (Å²) in [6.45, 7) is 0.846. The molecular formula is C15H13BrFNO3. The van der Waals surface area contributed by atoms with Gasteiger partial charge in [0, 0.05) is 18.2 Å². The average molecular weight is 354 g/mol. The predicted octanol–water partition coefficient (Wildman–Crippen LogP) is 3.35. The Morgan fingerprint density at radius 2 is 1.95 bits per heavy atom. The zero-order chi connectivity index (χ0) is 14.8. The number of benzene rings is 2. The highest BCUT2D eigenvalue weighted by Crippen LogP contribution is 2.38. The van der Waals surface area contributed by atoms with Gasteiger partial charge in [0.25, 0.3) is 0 Å². The zero-order valence-corrected chi connectivity index (χ0v) is 12.7. The van der Waals surface area contributed by atoms with Crippen LogP contribution in [-0.2, 0) is 13.2 Å². The van der Waals surface area contributed by atoms with E-state index in [4.69, 9.17) is 19.9 Å². The Bertz CT molecular complexity index is 678. The first-order valence-electron chi connectivity index (χ1n) is 6.36. The lowest BCUT2D eigenvalue weighted by Gasteiger charge is -2.12. The van der Waals surface area contributed by atoms with E-state index in [1.165, 1.54) is 6.07 Å². The van der Waals surface area contributed by atoms with Gasteiger partial charge in [-0.1, -0.05) is 6.07 Å². The molecular weight excluding hydrogens is 341 g/mol. The summed E-state index contributed by atoms with van der Waals surface area (Å²) in [5.74, 6) is 1.65. The quantitative estimate of drug-likeness (QED) is 0.915. The second-order valence-corrected chi connectivity index (χ2v) is 5.41.